The minimum absolute atomic E-state index is 0.0321. The molecule has 36 heavy (non-hydrogen) atoms. The van der Waals surface area contributed by atoms with Gasteiger partial charge in [0, 0.05) is 24.6 Å². The van der Waals surface area contributed by atoms with Crippen LogP contribution >= 0.6 is 0 Å². The molecule has 8 heteroatoms. The average molecular weight is 489 g/mol. The zero-order valence-corrected chi connectivity index (χ0v) is 19.5. The topological polar surface area (TPSA) is 108 Å². The molecule has 1 unspecified atom stereocenters. The van der Waals surface area contributed by atoms with Gasteiger partial charge < -0.3 is 15.1 Å². The predicted octanol–water partition coefficient (Wildman–Crippen LogP) is 5.15. The molecule has 0 spiro atoms. The number of aromatic carboxylic acids is 1. The summed E-state index contributed by atoms with van der Waals surface area (Å²) in [4.78, 5) is 45.0. The summed E-state index contributed by atoms with van der Waals surface area (Å²) in [6.07, 6.45) is 3.45. The van der Waals surface area contributed by atoms with Crippen molar-refractivity contribution in [3.63, 3.8) is 0 Å². The summed E-state index contributed by atoms with van der Waals surface area (Å²) in [5.74, 6) is -4.92. The van der Waals surface area contributed by atoms with E-state index in [-0.39, 0.29) is 35.0 Å². The summed E-state index contributed by atoms with van der Waals surface area (Å²) < 4.78 is 13.8. The second-order valence-corrected chi connectivity index (χ2v) is 9.36. The van der Waals surface area contributed by atoms with Gasteiger partial charge in [-0.15, -0.1) is 0 Å². The quantitative estimate of drug-likeness (QED) is 0.462. The van der Waals surface area contributed by atoms with E-state index in [1.54, 1.807) is 4.90 Å². The lowest BCUT2D eigenvalue weighted by Crippen LogP contribution is -2.44. The summed E-state index contributed by atoms with van der Waals surface area (Å²) in [5, 5.41) is 20.2. The summed E-state index contributed by atoms with van der Waals surface area (Å²) in [7, 11) is 0. The van der Waals surface area contributed by atoms with Crippen molar-refractivity contribution >= 4 is 23.5 Å². The number of halogens is 1. The third-order valence-electron chi connectivity index (χ3n) is 7.07. The van der Waals surface area contributed by atoms with E-state index in [0.717, 1.165) is 31.2 Å². The number of Topliss-reactive ketones (excluding diaryl/α,β-unsaturated/α-hetero) is 1. The first-order chi connectivity index (χ1) is 17.3. The fraction of sp³-hybridized carbons (Fsp3) is 0.286. The van der Waals surface area contributed by atoms with Crippen molar-refractivity contribution in [3.05, 3.63) is 82.8 Å². The van der Waals surface area contributed by atoms with Gasteiger partial charge in [-0.2, -0.15) is 0 Å². The third kappa shape index (κ3) is 4.23. The predicted molar refractivity (Wildman–Crippen MR) is 131 cm³/mol. The highest BCUT2D eigenvalue weighted by Crippen LogP contribution is 2.44. The number of hydrogen-bond acceptors (Lipinski definition) is 5. The Morgan fingerprint density at radius 3 is 2.25 bits per heavy atom. The van der Waals surface area contributed by atoms with E-state index in [1.807, 2.05) is 30.3 Å². The lowest BCUT2D eigenvalue weighted by molar-refractivity contribution is -0.139. The summed E-state index contributed by atoms with van der Waals surface area (Å²) in [6.45, 7) is 0.222. The molecule has 2 aliphatic rings. The Balaban J connectivity index is 1.82. The molecule has 1 fully saturated rings. The largest absolute Gasteiger partial charge is 0.481 e. The molecule has 0 radical (unpaired) electrons. The lowest BCUT2D eigenvalue weighted by atomic mass is 9.82. The molecule has 184 valence electrons. The van der Waals surface area contributed by atoms with Gasteiger partial charge in [0.1, 0.15) is 17.6 Å². The molecule has 2 N–H and O–H groups in total. The Kier molecular flexibility index (Phi) is 6.26. The zero-order valence-electron chi connectivity index (χ0n) is 19.5. The molecular weight excluding hydrogens is 463 g/mol. The molecule has 2 heterocycles. The van der Waals surface area contributed by atoms with Gasteiger partial charge in [-0.1, -0.05) is 55.3 Å². The lowest BCUT2D eigenvalue weighted by Gasteiger charge is -2.35. The van der Waals surface area contributed by atoms with E-state index in [4.69, 9.17) is 4.98 Å². The number of carboxylic acids is 2. The van der Waals surface area contributed by atoms with E-state index >= 15 is 0 Å². The molecule has 1 saturated carbocycles. The molecule has 3 aromatic rings. The van der Waals surface area contributed by atoms with Crippen molar-refractivity contribution < 1.29 is 29.0 Å². The van der Waals surface area contributed by atoms with Gasteiger partial charge in [0.15, 0.2) is 5.78 Å². The monoisotopic (exact) mass is 488 g/mol. The maximum absolute atomic E-state index is 13.8. The number of carbonyl (C=O) groups is 3. The number of hydrogen-bond donors (Lipinski definition) is 2. The number of ketones is 1. The number of benzene rings is 2. The van der Waals surface area contributed by atoms with Crippen LogP contribution in [0.3, 0.4) is 0 Å². The van der Waals surface area contributed by atoms with Crippen LogP contribution < -0.4 is 4.90 Å². The van der Waals surface area contributed by atoms with E-state index in [0.29, 0.717) is 17.8 Å². The highest BCUT2D eigenvalue weighted by Gasteiger charge is 2.42. The zero-order chi connectivity index (χ0) is 25.4. The minimum Gasteiger partial charge on any atom is -0.481 e. The molecule has 5 rings (SSSR count). The Morgan fingerprint density at radius 2 is 1.64 bits per heavy atom. The summed E-state index contributed by atoms with van der Waals surface area (Å²) >= 11 is 0. The van der Waals surface area contributed by atoms with Gasteiger partial charge in [0.05, 0.1) is 16.8 Å². The van der Waals surface area contributed by atoms with Crippen LogP contribution in [0.15, 0.2) is 54.6 Å². The van der Waals surface area contributed by atoms with Gasteiger partial charge in [-0.05, 0) is 36.1 Å². The number of nitrogens with zero attached hydrogens (tertiary/aromatic N) is 2. The van der Waals surface area contributed by atoms with Crippen molar-refractivity contribution in [3.8, 4) is 11.1 Å². The first-order valence-corrected chi connectivity index (χ1v) is 12.0. The highest BCUT2D eigenvalue weighted by molar-refractivity contribution is 6.18. The van der Waals surface area contributed by atoms with Gasteiger partial charge in [-0.3, -0.25) is 9.59 Å². The molecule has 7 nitrogen and oxygen atoms in total. The van der Waals surface area contributed by atoms with Crippen LogP contribution in [0.2, 0.25) is 0 Å². The second-order valence-electron chi connectivity index (χ2n) is 9.36. The fourth-order valence-corrected chi connectivity index (χ4v) is 5.37. The standard InChI is InChI=1S/C28H25FN2O5/c29-19-12-10-17(11-13-19)21-22(28(35)36)24(18-8-4-5-9-18)30-26-23(21)25(32)20(27(33)34)15-31(26)14-16-6-2-1-3-7-16/h1-3,6-7,10-13,18,20H,4-5,8-9,14-15H2,(H,33,34)(H,35,36). The molecule has 1 atom stereocenters. The van der Waals surface area contributed by atoms with E-state index in [9.17, 15) is 29.0 Å². The number of pyridine rings is 1. The smallest absolute Gasteiger partial charge is 0.338 e. The van der Waals surface area contributed by atoms with E-state index in [2.05, 4.69) is 0 Å². The van der Waals surface area contributed by atoms with Crippen LogP contribution in [0.4, 0.5) is 10.2 Å². The van der Waals surface area contributed by atoms with Crippen LogP contribution in [0.25, 0.3) is 11.1 Å². The number of rotatable bonds is 6. The van der Waals surface area contributed by atoms with Gasteiger partial charge >= 0.3 is 11.9 Å². The molecule has 0 amide bonds. The minimum atomic E-state index is -1.39. The molecule has 1 aliphatic carbocycles. The maximum atomic E-state index is 13.8. The normalized spacial score (nSPS) is 17.8. The van der Waals surface area contributed by atoms with Crippen LogP contribution in [-0.2, 0) is 11.3 Å². The van der Waals surface area contributed by atoms with Crippen LogP contribution in [0.1, 0.15) is 63.6 Å². The van der Waals surface area contributed by atoms with Crippen molar-refractivity contribution in [2.75, 3.05) is 11.4 Å². The SMILES string of the molecule is O=C(O)c1c(C2CCCC2)nc2c(c1-c1ccc(F)cc1)C(=O)C(C(=O)O)CN2Cc1ccccc1. The third-order valence-corrected chi connectivity index (χ3v) is 7.07. The number of carbonyl (C=O) groups excluding carboxylic acids is 1. The Bertz CT molecular complexity index is 1330. The first-order valence-electron chi connectivity index (χ1n) is 12.0. The Hall–Kier alpha value is -4.07. The van der Waals surface area contributed by atoms with Crippen molar-refractivity contribution in [1.29, 1.82) is 0 Å². The number of fused-ring (bicyclic) bond motifs is 1. The first kappa shape index (κ1) is 23.7. The summed E-state index contributed by atoms with van der Waals surface area (Å²) in [6, 6.07) is 14.7. The van der Waals surface area contributed by atoms with Crippen LogP contribution in [-0.4, -0.2) is 39.5 Å². The average Bonchev–Trinajstić information content (AvgIpc) is 3.40. The van der Waals surface area contributed by atoms with Crippen molar-refractivity contribution in [1.82, 2.24) is 4.98 Å². The number of anilines is 1. The van der Waals surface area contributed by atoms with E-state index in [1.165, 1.54) is 24.3 Å². The second kappa shape index (κ2) is 9.53. The highest BCUT2D eigenvalue weighted by atomic mass is 19.1. The Labute approximate surface area is 207 Å². The number of aromatic nitrogens is 1. The van der Waals surface area contributed by atoms with Gasteiger partial charge in [0.25, 0.3) is 0 Å². The van der Waals surface area contributed by atoms with E-state index < -0.39 is 29.5 Å². The number of aliphatic carboxylic acids is 1. The van der Waals surface area contributed by atoms with Crippen LogP contribution in [0, 0.1) is 11.7 Å². The fourth-order valence-electron chi connectivity index (χ4n) is 5.37. The molecule has 2 aromatic carbocycles. The van der Waals surface area contributed by atoms with Crippen molar-refractivity contribution in [2.45, 2.75) is 38.1 Å². The number of carboxylic acid groups (broad SMARTS) is 2. The molecule has 0 bridgehead atoms. The summed E-state index contributed by atoms with van der Waals surface area (Å²) in [5.41, 5.74) is 1.62. The molecule has 1 aliphatic heterocycles. The van der Waals surface area contributed by atoms with Crippen molar-refractivity contribution in [2.24, 2.45) is 5.92 Å². The molecule has 1 aromatic heterocycles. The van der Waals surface area contributed by atoms with Gasteiger partial charge in [0.2, 0.25) is 0 Å². The van der Waals surface area contributed by atoms with Crippen LogP contribution in [0.5, 0.6) is 0 Å². The maximum Gasteiger partial charge on any atom is 0.338 e. The molecular formula is C28H25FN2O5. The van der Waals surface area contributed by atoms with Gasteiger partial charge in [-0.25, -0.2) is 14.2 Å². The Morgan fingerprint density at radius 1 is 0.972 bits per heavy atom. The molecule has 0 saturated heterocycles.